The molecule has 21 heavy (non-hydrogen) atoms. The summed E-state index contributed by atoms with van der Waals surface area (Å²) in [6, 6.07) is 19.7. The van der Waals surface area contributed by atoms with Gasteiger partial charge in [-0.05, 0) is 37.3 Å². The molecule has 2 aromatic rings. The second kappa shape index (κ2) is 6.77. The molecule has 0 saturated heterocycles. The zero-order chi connectivity index (χ0) is 14.5. The molecule has 2 aromatic carbocycles. The molecule has 0 atom stereocenters. The van der Waals surface area contributed by atoms with Gasteiger partial charge in [-0.1, -0.05) is 48.5 Å². The van der Waals surface area contributed by atoms with Gasteiger partial charge >= 0.3 is 0 Å². The number of nitrogens with one attached hydrogen (secondary N) is 1. The summed E-state index contributed by atoms with van der Waals surface area (Å²) < 4.78 is 5.45. The van der Waals surface area contributed by atoms with E-state index in [4.69, 9.17) is 4.74 Å². The Morgan fingerprint density at radius 1 is 0.857 bits per heavy atom. The predicted molar refractivity (Wildman–Crippen MR) is 88.6 cm³/mol. The lowest BCUT2D eigenvalue weighted by Crippen LogP contribution is -2.29. The first-order valence-corrected chi connectivity index (χ1v) is 7.80. The number of methoxy groups -OCH3 is 1. The minimum atomic E-state index is 0.451. The van der Waals surface area contributed by atoms with Gasteiger partial charge in [0.25, 0.3) is 0 Å². The van der Waals surface area contributed by atoms with Gasteiger partial charge in [-0.3, -0.25) is 0 Å². The Morgan fingerprint density at radius 3 is 2.24 bits per heavy atom. The Bertz CT molecular complexity index is 559. The van der Waals surface area contributed by atoms with E-state index in [9.17, 15) is 0 Å². The Labute approximate surface area is 127 Å². The highest BCUT2D eigenvalue weighted by molar-refractivity contribution is 5.77. The summed E-state index contributed by atoms with van der Waals surface area (Å²) in [6.07, 6.45) is 5.12. The summed E-state index contributed by atoms with van der Waals surface area (Å²) in [5.41, 5.74) is 3.79. The van der Waals surface area contributed by atoms with E-state index in [1.54, 1.807) is 0 Å². The molecule has 1 saturated carbocycles. The molecule has 2 heteroatoms. The Balaban J connectivity index is 1.75. The molecule has 0 heterocycles. The second-order valence-corrected chi connectivity index (χ2v) is 5.77. The van der Waals surface area contributed by atoms with Crippen LogP contribution < -0.4 is 5.32 Å². The van der Waals surface area contributed by atoms with Crippen molar-refractivity contribution in [1.82, 2.24) is 0 Å². The van der Waals surface area contributed by atoms with Crippen LogP contribution in [0.1, 0.15) is 25.7 Å². The van der Waals surface area contributed by atoms with Gasteiger partial charge in [-0.15, -0.1) is 0 Å². The monoisotopic (exact) mass is 281 g/mol. The molecule has 0 aromatic heterocycles. The van der Waals surface area contributed by atoms with Gasteiger partial charge in [0, 0.05) is 24.4 Å². The van der Waals surface area contributed by atoms with Crippen LogP contribution in [0.3, 0.4) is 0 Å². The van der Waals surface area contributed by atoms with Crippen LogP contribution in [-0.4, -0.2) is 19.3 Å². The molecule has 1 fully saturated rings. The van der Waals surface area contributed by atoms with Crippen molar-refractivity contribution in [3.63, 3.8) is 0 Å². The summed E-state index contributed by atoms with van der Waals surface area (Å²) in [5.74, 6) is 0. The number of para-hydroxylation sites is 1. The molecule has 3 rings (SSSR count). The molecule has 1 aliphatic carbocycles. The van der Waals surface area contributed by atoms with Crippen LogP contribution in [0, 0.1) is 0 Å². The summed E-state index contributed by atoms with van der Waals surface area (Å²) in [6.45, 7) is 0. The lowest BCUT2D eigenvalue weighted by Gasteiger charge is -2.29. The van der Waals surface area contributed by atoms with Crippen LogP contribution in [0.15, 0.2) is 54.6 Å². The molecular weight excluding hydrogens is 258 g/mol. The van der Waals surface area contributed by atoms with Crippen molar-refractivity contribution in [1.29, 1.82) is 0 Å². The molecule has 0 unspecified atom stereocenters. The standard InChI is InChI=1S/C19H23NO/c1-21-17-13-11-16(12-14-17)20-19-10-6-5-9-18(19)15-7-3-2-4-8-15/h2-10,16-17,20H,11-14H2,1H3. The van der Waals surface area contributed by atoms with Gasteiger partial charge in [0.15, 0.2) is 0 Å². The van der Waals surface area contributed by atoms with E-state index in [0.29, 0.717) is 12.1 Å². The lowest BCUT2D eigenvalue weighted by molar-refractivity contribution is 0.0682. The van der Waals surface area contributed by atoms with E-state index in [2.05, 4.69) is 59.9 Å². The zero-order valence-corrected chi connectivity index (χ0v) is 12.6. The molecule has 1 N–H and O–H groups in total. The number of rotatable bonds is 4. The SMILES string of the molecule is COC1CCC(Nc2ccccc2-c2ccccc2)CC1. The van der Waals surface area contributed by atoms with Crippen LogP contribution in [0.4, 0.5) is 5.69 Å². The van der Waals surface area contributed by atoms with Crippen molar-refractivity contribution < 1.29 is 4.74 Å². The van der Waals surface area contributed by atoms with Crippen LogP contribution >= 0.6 is 0 Å². The van der Waals surface area contributed by atoms with Gasteiger partial charge in [0.2, 0.25) is 0 Å². The van der Waals surface area contributed by atoms with E-state index < -0.39 is 0 Å². The van der Waals surface area contributed by atoms with E-state index in [-0.39, 0.29) is 0 Å². The van der Waals surface area contributed by atoms with Crippen LogP contribution in [-0.2, 0) is 4.74 Å². The predicted octanol–water partition coefficient (Wildman–Crippen LogP) is 4.72. The Kier molecular flexibility index (Phi) is 4.56. The molecule has 2 nitrogen and oxygen atoms in total. The number of anilines is 1. The van der Waals surface area contributed by atoms with Crippen molar-refractivity contribution in [3.05, 3.63) is 54.6 Å². The van der Waals surface area contributed by atoms with E-state index in [1.807, 2.05) is 7.11 Å². The maximum atomic E-state index is 5.45. The third kappa shape index (κ3) is 3.45. The highest BCUT2D eigenvalue weighted by Gasteiger charge is 2.21. The first-order valence-electron chi connectivity index (χ1n) is 7.80. The van der Waals surface area contributed by atoms with E-state index >= 15 is 0 Å². The number of benzene rings is 2. The molecule has 0 aliphatic heterocycles. The fourth-order valence-corrected chi connectivity index (χ4v) is 3.14. The Hall–Kier alpha value is -1.80. The summed E-state index contributed by atoms with van der Waals surface area (Å²) in [4.78, 5) is 0. The summed E-state index contributed by atoms with van der Waals surface area (Å²) in [7, 11) is 1.82. The van der Waals surface area contributed by atoms with Crippen molar-refractivity contribution in [3.8, 4) is 11.1 Å². The minimum Gasteiger partial charge on any atom is -0.382 e. The van der Waals surface area contributed by atoms with Gasteiger partial charge in [0.1, 0.15) is 0 Å². The third-order valence-corrected chi connectivity index (χ3v) is 4.38. The molecule has 1 aliphatic rings. The van der Waals surface area contributed by atoms with Crippen molar-refractivity contribution in [2.75, 3.05) is 12.4 Å². The quantitative estimate of drug-likeness (QED) is 0.875. The highest BCUT2D eigenvalue weighted by atomic mass is 16.5. The normalized spacial score (nSPS) is 22.0. The topological polar surface area (TPSA) is 21.3 Å². The average molecular weight is 281 g/mol. The number of hydrogen-bond acceptors (Lipinski definition) is 2. The van der Waals surface area contributed by atoms with Crippen LogP contribution in [0.5, 0.6) is 0 Å². The summed E-state index contributed by atoms with van der Waals surface area (Å²) in [5, 5.41) is 3.74. The number of ether oxygens (including phenoxy) is 1. The first-order chi connectivity index (χ1) is 10.4. The fourth-order valence-electron chi connectivity index (χ4n) is 3.14. The van der Waals surface area contributed by atoms with Crippen molar-refractivity contribution in [2.24, 2.45) is 0 Å². The first kappa shape index (κ1) is 14.2. The minimum absolute atomic E-state index is 0.451. The molecule has 0 bridgehead atoms. The van der Waals surface area contributed by atoms with Crippen LogP contribution in [0.2, 0.25) is 0 Å². The van der Waals surface area contributed by atoms with Crippen molar-refractivity contribution in [2.45, 2.75) is 37.8 Å². The Morgan fingerprint density at radius 2 is 1.52 bits per heavy atom. The fraction of sp³-hybridized carbons (Fsp3) is 0.368. The molecule has 0 amide bonds. The maximum Gasteiger partial charge on any atom is 0.0572 e. The van der Waals surface area contributed by atoms with E-state index in [1.165, 1.54) is 29.7 Å². The van der Waals surface area contributed by atoms with Gasteiger partial charge in [0.05, 0.1) is 6.10 Å². The smallest absolute Gasteiger partial charge is 0.0572 e. The van der Waals surface area contributed by atoms with Crippen LogP contribution in [0.25, 0.3) is 11.1 Å². The highest BCUT2D eigenvalue weighted by Crippen LogP contribution is 2.30. The molecular formula is C19H23NO. The lowest BCUT2D eigenvalue weighted by atomic mass is 9.92. The van der Waals surface area contributed by atoms with Crippen molar-refractivity contribution >= 4 is 5.69 Å². The molecule has 0 spiro atoms. The van der Waals surface area contributed by atoms with Gasteiger partial charge in [-0.25, -0.2) is 0 Å². The summed E-state index contributed by atoms with van der Waals surface area (Å²) >= 11 is 0. The molecule has 0 radical (unpaired) electrons. The van der Waals surface area contributed by atoms with Gasteiger partial charge in [-0.2, -0.15) is 0 Å². The number of hydrogen-bond donors (Lipinski definition) is 1. The third-order valence-electron chi connectivity index (χ3n) is 4.38. The van der Waals surface area contributed by atoms with E-state index in [0.717, 1.165) is 12.8 Å². The van der Waals surface area contributed by atoms with Gasteiger partial charge < -0.3 is 10.1 Å². The zero-order valence-electron chi connectivity index (χ0n) is 12.6. The average Bonchev–Trinajstić information content (AvgIpc) is 2.57. The largest absolute Gasteiger partial charge is 0.382 e. The second-order valence-electron chi connectivity index (χ2n) is 5.77. The molecule has 110 valence electrons. The maximum absolute atomic E-state index is 5.45.